The summed E-state index contributed by atoms with van der Waals surface area (Å²) in [5.74, 6) is 0.168. The molecule has 3 rings (SSSR count). The number of nitrogens with one attached hydrogen (secondary N) is 2. The maximum Gasteiger partial charge on any atom is 0.265 e. The SMILES string of the molecule is Cc1ccc(C=CC(=O)Nc2ccc3c(c2)NC(=O)C(C)O3)s1. The van der Waals surface area contributed by atoms with Crippen molar-refractivity contribution in [3.05, 3.63) is 46.2 Å². The molecule has 0 fully saturated rings. The van der Waals surface area contributed by atoms with Gasteiger partial charge in [-0.2, -0.15) is 0 Å². The van der Waals surface area contributed by atoms with Crippen molar-refractivity contribution in [2.75, 3.05) is 10.6 Å². The van der Waals surface area contributed by atoms with Gasteiger partial charge in [-0.15, -0.1) is 11.3 Å². The highest BCUT2D eigenvalue weighted by Gasteiger charge is 2.23. The molecule has 118 valence electrons. The summed E-state index contributed by atoms with van der Waals surface area (Å²) in [6.07, 6.45) is 2.75. The van der Waals surface area contributed by atoms with Gasteiger partial charge in [0.05, 0.1) is 5.69 Å². The van der Waals surface area contributed by atoms with E-state index < -0.39 is 6.10 Å². The second-order valence-corrected chi connectivity index (χ2v) is 6.55. The highest BCUT2D eigenvalue weighted by molar-refractivity contribution is 7.12. The van der Waals surface area contributed by atoms with E-state index in [1.807, 2.05) is 19.1 Å². The summed E-state index contributed by atoms with van der Waals surface area (Å²) in [6.45, 7) is 3.71. The van der Waals surface area contributed by atoms with Crippen molar-refractivity contribution in [1.29, 1.82) is 0 Å². The van der Waals surface area contributed by atoms with Gasteiger partial charge in [-0.3, -0.25) is 9.59 Å². The molecular weight excluding hydrogens is 312 g/mol. The molecule has 2 heterocycles. The third-order valence-electron chi connectivity index (χ3n) is 3.34. The molecule has 1 aliphatic rings. The van der Waals surface area contributed by atoms with Crippen molar-refractivity contribution in [1.82, 2.24) is 0 Å². The summed E-state index contributed by atoms with van der Waals surface area (Å²) < 4.78 is 5.47. The van der Waals surface area contributed by atoms with Crippen LogP contribution in [0.15, 0.2) is 36.4 Å². The number of ether oxygens (including phenoxy) is 1. The normalized spacial score (nSPS) is 16.6. The van der Waals surface area contributed by atoms with Crippen molar-refractivity contribution >= 4 is 40.6 Å². The lowest BCUT2D eigenvalue weighted by Crippen LogP contribution is -2.34. The van der Waals surface area contributed by atoms with Crippen LogP contribution in [0.25, 0.3) is 6.08 Å². The van der Waals surface area contributed by atoms with Gasteiger partial charge in [-0.05, 0) is 50.3 Å². The Bertz CT molecular complexity index is 795. The molecule has 2 N–H and O–H groups in total. The number of carbonyl (C=O) groups is 2. The smallest absolute Gasteiger partial charge is 0.265 e. The summed E-state index contributed by atoms with van der Waals surface area (Å²) >= 11 is 1.62. The molecule has 0 saturated carbocycles. The lowest BCUT2D eigenvalue weighted by molar-refractivity contribution is -0.122. The predicted molar refractivity (Wildman–Crippen MR) is 91.9 cm³/mol. The number of carbonyl (C=O) groups excluding carboxylic acids is 2. The van der Waals surface area contributed by atoms with Crippen LogP contribution in [0.5, 0.6) is 5.75 Å². The molecule has 0 radical (unpaired) electrons. The van der Waals surface area contributed by atoms with Gasteiger partial charge in [-0.25, -0.2) is 0 Å². The first kappa shape index (κ1) is 15.3. The van der Waals surface area contributed by atoms with Crippen LogP contribution in [0.2, 0.25) is 0 Å². The highest BCUT2D eigenvalue weighted by Crippen LogP contribution is 2.32. The molecule has 1 aliphatic heterocycles. The average Bonchev–Trinajstić information content (AvgIpc) is 2.92. The van der Waals surface area contributed by atoms with Crippen LogP contribution in [0, 0.1) is 6.92 Å². The van der Waals surface area contributed by atoms with E-state index in [0.29, 0.717) is 17.1 Å². The number of benzene rings is 1. The second kappa shape index (κ2) is 6.26. The quantitative estimate of drug-likeness (QED) is 0.848. The highest BCUT2D eigenvalue weighted by atomic mass is 32.1. The maximum atomic E-state index is 12.0. The zero-order valence-electron chi connectivity index (χ0n) is 12.8. The molecular formula is C17H16N2O3S. The topological polar surface area (TPSA) is 67.4 Å². The van der Waals surface area contributed by atoms with Crippen molar-refractivity contribution in [2.24, 2.45) is 0 Å². The summed E-state index contributed by atoms with van der Waals surface area (Å²) in [5, 5.41) is 5.52. The Hall–Kier alpha value is -2.60. The molecule has 0 saturated heterocycles. The largest absolute Gasteiger partial charge is 0.479 e. The van der Waals surface area contributed by atoms with E-state index in [-0.39, 0.29) is 11.8 Å². The predicted octanol–water partition coefficient (Wildman–Crippen LogP) is 3.43. The molecule has 6 heteroatoms. The fourth-order valence-corrected chi connectivity index (χ4v) is 2.95. The van der Waals surface area contributed by atoms with E-state index in [0.717, 1.165) is 4.88 Å². The molecule has 1 aromatic carbocycles. The van der Waals surface area contributed by atoms with Gasteiger partial charge >= 0.3 is 0 Å². The number of hydrogen-bond acceptors (Lipinski definition) is 4. The van der Waals surface area contributed by atoms with E-state index >= 15 is 0 Å². The van der Waals surface area contributed by atoms with Crippen LogP contribution in [-0.2, 0) is 9.59 Å². The molecule has 1 unspecified atom stereocenters. The van der Waals surface area contributed by atoms with Crippen LogP contribution in [0.1, 0.15) is 16.7 Å². The van der Waals surface area contributed by atoms with Crippen LogP contribution < -0.4 is 15.4 Å². The van der Waals surface area contributed by atoms with Crippen molar-refractivity contribution in [2.45, 2.75) is 20.0 Å². The lowest BCUT2D eigenvalue weighted by atomic mass is 10.2. The minimum Gasteiger partial charge on any atom is -0.479 e. The van der Waals surface area contributed by atoms with Gasteiger partial charge in [0.2, 0.25) is 5.91 Å². The van der Waals surface area contributed by atoms with E-state index in [1.165, 1.54) is 11.0 Å². The fraction of sp³-hybridized carbons (Fsp3) is 0.176. The summed E-state index contributed by atoms with van der Waals surface area (Å²) in [5.41, 5.74) is 1.16. The molecule has 0 bridgehead atoms. The molecule has 2 aromatic rings. The molecule has 1 atom stereocenters. The number of thiophene rings is 1. The van der Waals surface area contributed by atoms with Crippen LogP contribution in [0.4, 0.5) is 11.4 Å². The van der Waals surface area contributed by atoms with Gasteiger partial charge in [0.1, 0.15) is 5.75 Å². The Labute approximate surface area is 138 Å². The number of hydrogen-bond donors (Lipinski definition) is 2. The summed E-state index contributed by atoms with van der Waals surface area (Å²) in [4.78, 5) is 25.8. The minimum atomic E-state index is -0.514. The molecule has 1 aromatic heterocycles. The first-order valence-electron chi connectivity index (χ1n) is 7.18. The first-order chi connectivity index (χ1) is 11.0. The van der Waals surface area contributed by atoms with Gasteiger partial charge < -0.3 is 15.4 Å². The average molecular weight is 328 g/mol. The van der Waals surface area contributed by atoms with E-state index in [4.69, 9.17) is 4.74 Å². The number of amides is 2. The Morgan fingerprint density at radius 1 is 1.35 bits per heavy atom. The molecule has 0 spiro atoms. The molecule has 5 nitrogen and oxygen atoms in total. The lowest BCUT2D eigenvalue weighted by Gasteiger charge is -2.23. The standard InChI is InChI=1S/C17H16N2O3S/c1-10-3-5-13(23-10)6-8-16(20)18-12-4-7-15-14(9-12)19-17(21)11(2)22-15/h3-9,11H,1-2H3,(H,18,20)(H,19,21). The first-order valence-corrected chi connectivity index (χ1v) is 8.00. The van der Waals surface area contributed by atoms with Crippen LogP contribution in [0.3, 0.4) is 0 Å². The Morgan fingerprint density at radius 2 is 2.17 bits per heavy atom. The third-order valence-corrected chi connectivity index (χ3v) is 4.30. The van der Waals surface area contributed by atoms with E-state index in [1.54, 1.807) is 42.5 Å². The Morgan fingerprint density at radius 3 is 2.91 bits per heavy atom. The number of fused-ring (bicyclic) bond motifs is 1. The van der Waals surface area contributed by atoms with Gasteiger partial charge in [0, 0.05) is 21.5 Å². The van der Waals surface area contributed by atoms with E-state index in [2.05, 4.69) is 10.6 Å². The monoisotopic (exact) mass is 328 g/mol. The summed E-state index contributed by atoms with van der Waals surface area (Å²) in [7, 11) is 0. The molecule has 0 aliphatic carbocycles. The summed E-state index contributed by atoms with van der Waals surface area (Å²) in [6, 6.07) is 9.13. The Kier molecular flexibility index (Phi) is 4.16. The van der Waals surface area contributed by atoms with E-state index in [9.17, 15) is 9.59 Å². The van der Waals surface area contributed by atoms with Crippen molar-refractivity contribution < 1.29 is 14.3 Å². The van der Waals surface area contributed by atoms with Crippen LogP contribution in [-0.4, -0.2) is 17.9 Å². The zero-order chi connectivity index (χ0) is 16.4. The van der Waals surface area contributed by atoms with Crippen molar-refractivity contribution in [3.8, 4) is 5.75 Å². The molecule has 2 amide bonds. The number of anilines is 2. The third kappa shape index (κ3) is 3.60. The number of rotatable bonds is 3. The van der Waals surface area contributed by atoms with Crippen LogP contribution >= 0.6 is 11.3 Å². The Balaban J connectivity index is 1.68. The van der Waals surface area contributed by atoms with Gasteiger partial charge in [-0.1, -0.05) is 0 Å². The van der Waals surface area contributed by atoms with Gasteiger partial charge in [0.25, 0.3) is 5.91 Å². The second-order valence-electron chi connectivity index (χ2n) is 5.23. The zero-order valence-corrected chi connectivity index (χ0v) is 13.6. The maximum absolute atomic E-state index is 12.0. The number of aryl methyl sites for hydroxylation is 1. The molecule has 23 heavy (non-hydrogen) atoms. The fourth-order valence-electron chi connectivity index (χ4n) is 2.17. The van der Waals surface area contributed by atoms with Crippen molar-refractivity contribution in [3.63, 3.8) is 0 Å². The minimum absolute atomic E-state index is 0.200. The van der Waals surface area contributed by atoms with Gasteiger partial charge in [0.15, 0.2) is 6.10 Å².